The molecular weight excluding hydrogens is 880 g/mol. The number of nitrogens with zero attached hydrogens (tertiary/aromatic N) is 1. The maximum atomic E-state index is 13.5. The van der Waals surface area contributed by atoms with Gasteiger partial charge in [-0.15, -0.1) is 0 Å². The minimum absolute atomic E-state index is 0.0312. The van der Waals surface area contributed by atoms with Crippen LogP contribution in [0.2, 0.25) is 0 Å². The molecule has 0 bridgehead atoms. The standard InChI is InChI=1S/C59H107N2O7P/c1-7-10-13-16-19-22-25-27-29-30-32-34-37-40-43-46-49-52-59(63)68-57(50-47-44-41-38-35-24-21-18-15-12-9-3)56(55-67-69(64,65)66-54-53-61(4,5)6)60-58(62)51-48-45-42-39-36-33-31-28-26-23-20-17-14-11-8-2/h19-20,22-23,26-29,32,34,47,50,56-57H,7-18,21,24-25,30-31,33,35-46,48-49,51-55H2,1-6H3,(H-,60,62,64,65)/b22-19-,23-20+,28-26+,29-27-,34-32-,50-47+. The average Bonchev–Trinajstić information content (AvgIpc) is 3.31. The molecule has 0 aromatic carbocycles. The number of amides is 1. The number of ether oxygens (including phenoxy) is 1. The van der Waals surface area contributed by atoms with Crippen molar-refractivity contribution in [3.63, 3.8) is 0 Å². The van der Waals surface area contributed by atoms with Gasteiger partial charge in [0, 0.05) is 12.8 Å². The van der Waals surface area contributed by atoms with Crippen LogP contribution in [0.1, 0.15) is 239 Å². The first-order valence-corrected chi connectivity index (χ1v) is 29.7. The number of allylic oxidation sites excluding steroid dienone is 11. The molecule has 0 heterocycles. The lowest BCUT2D eigenvalue weighted by Gasteiger charge is -2.30. The van der Waals surface area contributed by atoms with Gasteiger partial charge in [-0.05, 0) is 96.0 Å². The number of hydrogen-bond donors (Lipinski definition) is 1. The van der Waals surface area contributed by atoms with E-state index in [1.807, 2.05) is 33.3 Å². The van der Waals surface area contributed by atoms with Crippen molar-refractivity contribution in [1.82, 2.24) is 5.32 Å². The fourth-order valence-electron chi connectivity index (χ4n) is 7.69. The molecular formula is C59H107N2O7P. The van der Waals surface area contributed by atoms with E-state index in [4.69, 9.17) is 13.8 Å². The summed E-state index contributed by atoms with van der Waals surface area (Å²) < 4.78 is 30.2. The van der Waals surface area contributed by atoms with E-state index >= 15 is 0 Å². The van der Waals surface area contributed by atoms with Gasteiger partial charge in [-0.1, -0.05) is 203 Å². The second kappa shape index (κ2) is 49.0. The lowest BCUT2D eigenvalue weighted by Crippen LogP contribution is -2.47. The predicted molar refractivity (Wildman–Crippen MR) is 293 cm³/mol. The minimum Gasteiger partial charge on any atom is -0.756 e. The highest BCUT2D eigenvalue weighted by molar-refractivity contribution is 7.45. The van der Waals surface area contributed by atoms with Crippen LogP contribution in [0.5, 0.6) is 0 Å². The molecule has 0 radical (unpaired) electrons. The number of likely N-dealkylation sites (N-methyl/N-ethyl adjacent to an activating group) is 1. The van der Waals surface area contributed by atoms with Crippen molar-refractivity contribution in [3.05, 3.63) is 72.9 Å². The molecule has 3 unspecified atom stereocenters. The highest BCUT2D eigenvalue weighted by Crippen LogP contribution is 2.38. The lowest BCUT2D eigenvalue weighted by molar-refractivity contribution is -0.870. The number of phosphoric acid groups is 1. The van der Waals surface area contributed by atoms with Crippen molar-refractivity contribution in [1.29, 1.82) is 0 Å². The van der Waals surface area contributed by atoms with Gasteiger partial charge in [0.15, 0.2) is 0 Å². The van der Waals surface area contributed by atoms with Crippen LogP contribution in [-0.4, -0.2) is 69.4 Å². The number of unbranched alkanes of at least 4 members (excludes halogenated alkanes) is 25. The van der Waals surface area contributed by atoms with Crippen LogP contribution in [0.15, 0.2) is 72.9 Å². The summed E-state index contributed by atoms with van der Waals surface area (Å²) in [6.45, 7) is 6.74. The third-order valence-corrected chi connectivity index (χ3v) is 13.1. The first kappa shape index (κ1) is 66.5. The van der Waals surface area contributed by atoms with Gasteiger partial charge in [0.25, 0.3) is 7.82 Å². The van der Waals surface area contributed by atoms with Gasteiger partial charge in [-0.25, -0.2) is 0 Å². The van der Waals surface area contributed by atoms with E-state index in [1.165, 1.54) is 89.9 Å². The molecule has 1 N–H and O–H groups in total. The second-order valence-corrected chi connectivity index (χ2v) is 21.5. The highest BCUT2D eigenvalue weighted by atomic mass is 31.2. The molecule has 0 aliphatic rings. The Balaban J connectivity index is 5.40. The Bertz CT molecular complexity index is 1420. The molecule has 10 heteroatoms. The summed E-state index contributed by atoms with van der Waals surface area (Å²) in [5, 5.41) is 3.00. The second-order valence-electron chi connectivity index (χ2n) is 20.1. The smallest absolute Gasteiger partial charge is 0.306 e. The zero-order valence-electron chi connectivity index (χ0n) is 45.5. The topological polar surface area (TPSA) is 114 Å². The Kier molecular flexibility index (Phi) is 47.2. The third kappa shape index (κ3) is 50.2. The molecule has 9 nitrogen and oxygen atoms in total. The lowest BCUT2D eigenvalue weighted by atomic mass is 10.1. The van der Waals surface area contributed by atoms with Gasteiger partial charge in [0.1, 0.15) is 19.3 Å². The monoisotopic (exact) mass is 987 g/mol. The first-order valence-electron chi connectivity index (χ1n) is 28.3. The number of rotatable bonds is 50. The molecule has 400 valence electrons. The van der Waals surface area contributed by atoms with Gasteiger partial charge >= 0.3 is 5.97 Å². The Morgan fingerprint density at radius 1 is 0.522 bits per heavy atom. The SMILES string of the molecule is CCCCC/C=C\C/C=C\C/C=C\CCCCCCC(=O)OC(/C=C/CCCCCCCCCCC)C(COP(=O)([O-])OCC[N+](C)(C)C)NC(=O)CCCCCCCC/C=C/C=C/CCCCC. The number of carbonyl (C=O) groups excluding carboxylic acids is 2. The van der Waals surface area contributed by atoms with Crippen LogP contribution in [0.25, 0.3) is 0 Å². The van der Waals surface area contributed by atoms with Crippen LogP contribution >= 0.6 is 7.82 Å². The van der Waals surface area contributed by atoms with Crippen molar-refractivity contribution in [3.8, 4) is 0 Å². The van der Waals surface area contributed by atoms with Gasteiger partial charge in [0.05, 0.1) is 33.8 Å². The molecule has 3 atom stereocenters. The van der Waals surface area contributed by atoms with Crippen LogP contribution in [0.3, 0.4) is 0 Å². The largest absolute Gasteiger partial charge is 0.756 e. The molecule has 0 saturated heterocycles. The van der Waals surface area contributed by atoms with Crippen molar-refractivity contribution in [2.45, 2.75) is 251 Å². The van der Waals surface area contributed by atoms with Crippen LogP contribution in [0, 0.1) is 0 Å². The Hall–Kier alpha value is -2.55. The molecule has 0 fully saturated rings. The van der Waals surface area contributed by atoms with E-state index in [2.05, 4.69) is 86.8 Å². The molecule has 0 aliphatic carbocycles. The summed E-state index contributed by atoms with van der Waals surface area (Å²) >= 11 is 0. The number of phosphoric ester groups is 1. The Morgan fingerprint density at radius 2 is 0.928 bits per heavy atom. The van der Waals surface area contributed by atoms with E-state index < -0.39 is 26.6 Å². The van der Waals surface area contributed by atoms with Gasteiger partial charge < -0.3 is 28.5 Å². The van der Waals surface area contributed by atoms with Crippen molar-refractivity contribution >= 4 is 19.7 Å². The Labute approximate surface area is 425 Å². The summed E-state index contributed by atoms with van der Waals surface area (Å²) in [5.41, 5.74) is 0. The van der Waals surface area contributed by atoms with Gasteiger partial charge in [-0.2, -0.15) is 0 Å². The fraction of sp³-hybridized carbons (Fsp3) is 0.763. The molecule has 0 aromatic rings. The molecule has 0 aliphatic heterocycles. The van der Waals surface area contributed by atoms with Crippen LogP contribution < -0.4 is 10.2 Å². The van der Waals surface area contributed by atoms with Gasteiger partial charge in [0.2, 0.25) is 5.91 Å². The zero-order chi connectivity index (χ0) is 50.8. The normalized spacial score (nSPS) is 14.4. The number of esters is 1. The summed E-state index contributed by atoms with van der Waals surface area (Å²) in [4.78, 5) is 39.8. The van der Waals surface area contributed by atoms with E-state index in [0.29, 0.717) is 23.9 Å². The van der Waals surface area contributed by atoms with Crippen molar-refractivity contribution < 1.29 is 37.3 Å². The van der Waals surface area contributed by atoms with Crippen molar-refractivity contribution in [2.24, 2.45) is 0 Å². The van der Waals surface area contributed by atoms with E-state index in [9.17, 15) is 19.0 Å². The molecule has 0 spiro atoms. The first-order chi connectivity index (χ1) is 33.4. The summed E-state index contributed by atoms with van der Waals surface area (Å²) in [7, 11) is 1.16. The quantitative estimate of drug-likeness (QED) is 0.0161. The van der Waals surface area contributed by atoms with Crippen molar-refractivity contribution in [2.75, 3.05) is 40.9 Å². The number of carbonyl (C=O) groups is 2. The average molecular weight is 987 g/mol. The van der Waals surface area contributed by atoms with E-state index in [-0.39, 0.29) is 24.9 Å². The number of nitrogens with one attached hydrogen (secondary N) is 1. The maximum absolute atomic E-state index is 13.5. The fourth-order valence-corrected chi connectivity index (χ4v) is 8.42. The summed E-state index contributed by atoms with van der Waals surface area (Å²) in [6.07, 6.45) is 61.4. The third-order valence-electron chi connectivity index (χ3n) is 12.1. The molecule has 1 amide bonds. The number of quaternary nitrogens is 1. The van der Waals surface area contributed by atoms with Crippen LogP contribution in [0.4, 0.5) is 0 Å². The molecule has 69 heavy (non-hydrogen) atoms. The molecule has 0 rings (SSSR count). The maximum Gasteiger partial charge on any atom is 0.306 e. The summed E-state index contributed by atoms with van der Waals surface area (Å²) in [6, 6.07) is -0.905. The van der Waals surface area contributed by atoms with Crippen LogP contribution in [-0.2, 0) is 27.9 Å². The minimum atomic E-state index is -4.70. The van der Waals surface area contributed by atoms with E-state index in [1.54, 1.807) is 0 Å². The Morgan fingerprint density at radius 3 is 1.43 bits per heavy atom. The van der Waals surface area contributed by atoms with Gasteiger partial charge in [-0.3, -0.25) is 14.2 Å². The summed E-state index contributed by atoms with van der Waals surface area (Å²) in [5.74, 6) is -0.583. The molecule has 0 saturated carbocycles. The predicted octanol–water partition coefficient (Wildman–Crippen LogP) is 16.3. The number of hydrogen-bond acceptors (Lipinski definition) is 7. The zero-order valence-corrected chi connectivity index (χ0v) is 46.4. The highest BCUT2D eigenvalue weighted by Gasteiger charge is 2.27. The molecule has 0 aromatic heterocycles. The van der Waals surface area contributed by atoms with E-state index in [0.717, 1.165) is 109 Å².